The van der Waals surface area contributed by atoms with Crippen molar-refractivity contribution in [1.29, 1.82) is 0 Å². The minimum Gasteiger partial charge on any atom is -0.0657 e. The topological polar surface area (TPSA) is 0 Å². The standard InChI is InChI=1S/C6H14Si/c1-2-4-7-5-3-6-7/h7H,2-6H2,1H3. The zero-order valence-electron chi connectivity index (χ0n) is 5.11. The summed E-state index contributed by atoms with van der Waals surface area (Å²) in [6, 6.07) is 4.95. The Balaban J connectivity index is 1.93. The summed E-state index contributed by atoms with van der Waals surface area (Å²) < 4.78 is 0. The summed E-state index contributed by atoms with van der Waals surface area (Å²) in [5.74, 6) is 0. The molecule has 0 aliphatic carbocycles. The molecule has 0 saturated carbocycles. The fourth-order valence-corrected chi connectivity index (χ4v) is 3.57. The van der Waals surface area contributed by atoms with Crippen LogP contribution in [0, 0.1) is 0 Å². The summed E-state index contributed by atoms with van der Waals surface area (Å²) in [4.78, 5) is 0. The van der Waals surface area contributed by atoms with Crippen LogP contribution in [0.1, 0.15) is 19.8 Å². The Morgan fingerprint density at radius 2 is 2.14 bits per heavy atom. The molecule has 0 unspecified atom stereocenters. The normalized spacial score (nSPS) is 21.9. The third-order valence-corrected chi connectivity index (χ3v) is 5.77. The van der Waals surface area contributed by atoms with Gasteiger partial charge < -0.3 is 0 Å². The van der Waals surface area contributed by atoms with Crippen molar-refractivity contribution in [2.75, 3.05) is 0 Å². The van der Waals surface area contributed by atoms with Crippen LogP contribution in [0.5, 0.6) is 0 Å². The minimum absolute atomic E-state index is 0.000772. The van der Waals surface area contributed by atoms with Gasteiger partial charge in [-0.15, -0.1) is 0 Å². The Kier molecular flexibility index (Phi) is 1.92. The first-order valence-electron chi connectivity index (χ1n) is 3.43. The van der Waals surface area contributed by atoms with Crippen molar-refractivity contribution >= 4 is 8.80 Å². The number of hydrogen-bond acceptors (Lipinski definition) is 0. The molecule has 1 rings (SSSR count). The first-order valence-corrected chi connectivity index (χ1v) is 5.88. The van der Waals surface area contributed by atoms with E-state index < -0.39 is 0 Å². The van der Waals surface area contributed by atoms with Gasteiger partial charge in [-0.25, -0.2) is 0 Å². The molecule has 7 heavy (non-hydrogen) atoms. The minimum atomic E-state index is -0.000772. The molecular weight excluding hydrogens is 100 g/mol. The molecule has 0 bridgehead atoms. The third kappa shape index (κ3) is 1.30. The van der Waals surface area contributed by atoms with Crippen LogP contribution in [0.3, 0.4) is 0 Å². The molecule has 0 spiro atoms. The lowest BCUT2D eigenvalue weighted by atomic mass is 10.5. The summed E-state index contributed by atoms with van der Waals surface area (Å²) >= 11 is 0. The molecule has 1 heterocycles. The molecule has 1 aliphatic heterocycles. The van der Waals surface area contributed by atoms with E-state index in [-0.39, 0.29) is 8.80 Å². The SMILES string of the molecule is CCC[SiH]1CCC1. The molecule has 0 aromatic heterocycles. The first kappa shape index (κ1) is 5.36. The summed E-state index contributed by atoms with van der Waals surface area (Å²) in [7, 11) is -0.000772. The molecule has 1 heteroatoms. The van der Waals surface area contributed by atoms with Crippen LogP contribution in [-0.2, 0) is 0 Å². The largest absolute Gasteiger partial charge is 0.0657 e. The fourth-order valence-electron chi connectivity index (χ4n) is 1.19. The molecule has 0 radical (unpaired) electrons. The maximum Gasteiger partial charge on any atom is 0.0367 e. The molecule has 0 N–H and O–H groups in total. The van der Waals surface area contributed by atoms with Crippen LogP contribution >= 0.6 is 0 Å². The van der Waals surface area contributed by atoms with E-state index in [1.54, 1.807) is 24.6 Å². The molecule has 0 aromatic rings. The van der Waals surface area contributed by atoms with Crippen molar-refractivity contribution in [3.63, 3.8) is 0 Å². The molecule has 0 amide bonds. The molecule has 1 aliphatic rings. The van der Waals surface area contributed by atoms with Crippen molar-refractivity contribution in [3.05, 3.63) is 0 Å². The van der Waals surface area contributed by atoms with E-state index in [0.717, 1.165) is 0 Å². The summed E-state index contributed by atoms with van der Waals surface area (Å²) in [5.41, 5.74) is 0. The van der Waals surface area contributed by atoms with E-state index in [1.807, 2.05) is 0 Å². The van der Waals surface area contributed by atoms with Gasteiger partial charge in [-0.05, 0) is 0 Å². The molecule has 1 fully saturated rings. The lowest BCUT2D eigenvalue weighted by molar-refractivity contribution is 0.894. The quantitative estimate of drug-likeness (QED) is 0.482. The molecule has 0 atom stereocenters. The molecule has 0 aromatic carbocycles. The highest BCUT2D eigenvalue weighted by Crippen LogP contribution is 2.23. The van der Waals surface area contributed by atoms with E-state index in [2.05, 4.69) is 6.92 Å². The third-order valence-electron chi connectivity index (χ3n) is 1.92. The highest BCUT2D eigenvalue weighted by molar-refractivity contribution is 6.61. The van der Waals surface area contributed by atoms with Crippen LogP contribution in [-0.4, -0.2) is 8.80 Å². The Morgan fingerprint density at radius 3 is 2.29 bits per heavy atom. The van der Waals surface area contributed by atoms with E-state index >= 15 is 0 Å². The zero-order valence-corrected chi connectivity index (χ0v) is 6.27. The average Bonchev–Trinajstić information content (AvgIpc) is 1.55. The second-order valence-corrected chi connectivity index (χ2v) is 6.05. The molecule has 1 saturated heterocycles. The van der Waals surface area contributed by atoms with Gasteiger partial charge in [-0.2, -0.15) is 0 Å². The van der Waals surface area contributed by atoms with Gasteiger partial charge in [0.2, 0.25) is 0 Å². The predicted octanol–water partition coefficient (Wildman–Crippen LogP) is 2.03. The highest BCUT2D eigenvalue weighted by atomic mass is 28.3. The Hall–Kier alpha value is 0.217. The van der Waals surface area contributed by atoms with Crippen molar-refractivity contribution in [2.45, 2.75) is 37.9 Å². The van der Waals surface area contributed by atoms with Crippen molar-refractivity contribution in [2.24, 2.45) is 0 Å². The van der Waals surface area contributed by atoms with Gasteiger partial charge in [0.25, 0.3) is 0 Å². The lowest BCUT2D eigenvalue weighted by Crippen LogP contribution is -2.19. The van der Waals surface area contributed by atoms with Gasteiger partial charge >= 0.3 is 0 Å². The van der Waals surface area contributed by atoms with Crippen LogP contribution in [0.2, 0.25) is 18.1 Å². The monoisotopic (exact) mass is 114 g/mol. The molecule has 42 valence electrons. The second-order valence-electron chi connectivity index (χ2n) is 2.59. The lowest BCUT2D eigenvalue weighted by Gasteiger charge is -2.22. The summed E-state index contributed by atoms with van der Waals surface area (Å²) in [6.45, 7) is 2.31. The van der Waals surface area contributed by atoms with Crippen molar-refractivity contribution < 1.29 is 0 Å². The Labute approximate surface area is 47.5 Å². The maximum absolute atomic E-state index is 2.31. The average molecular weight is 114 g/mol. The van der Waals surface area contributed by atoms with Gasteiger partial charge in [0.1, 0.15) is 0 Å². The van der Waals surface area contributed by atoms with Crippen LogP contribution in [0.25, 0.3) is 0 Å². The smallest absolute Gasteiger partial charge is 0.0367 e. The predicted molar refractivity (Wildman–Crippen MR) is 36.5 cm³/mol. The van der Waals surface area contributed by atoms with Crippen LogP contribution in [0.15, 0.2) is 0 Å². The van der Waals surface area contributed by atoms with Crippen LogP contribution < -0.4 is 0 Å². The Morgan fingerprint density at radius 1 is 1.43 bits per heavy atom. The van der Waals surface area contributed by atoms with E-state index in [9.17, 15) is 0 Å². The zero-order chi connectivity index (χ0) is 5.11. The van der Waals surface area contributed by atoms with Gasteiger partial charge in [0.15, 0.2) is 0 Å². The van der Waals surface area contributed by atoms with E-state index in [0.29, 0.717) is 0 Å². The van der Waals surface area contributed by atoms with Crippen LogP contribution in [0.4, 0.5) is 0 Å². The maximum atomic E-state index is 2.31. The van der Waals surface area contributed by atoms with Crippen molar-refractivity contribution in [1.82, 2.24) is 0 Å². The van der Waals surface area contributed by atoms with E-state index in [1.165, 1.54) is 6.42 Å². The van der Waals surface area contributed by atoms with Gasteiger partial charge in [-0.1, -0.05) is 37.9 Å². The summed E-state index contributed by atoms with van der Waals surface area (Å²) in [5, 5.41) is 0. The number of hydrogen-bond donors (Lipinski definition) is 0. The van der Waals surface area contributed by atoms with Gasteiger partial charge in [0, 0.05) is 8.80 Å². The highest BCUT2D eigenvalue weighted by Gasteiger charge is 2.16. The van der Waals surface area contributed by atoms with E-state index in [4.69, 9.17) is 0 Å². The molecule has 0 nitrogen and oxygen atoms in total. The fraction of sp³-hybridized carbons (Fsp3) is 1.00. The van der Waals surface area contributed by atoms with Crippen molar-refractivity contribution in [3.8, 4) is 0 Å². The first-order chi connectivity index (χ1) is 3.43. The Bertz CT molecular complexity index is 48.1. The number of rotatable bonds is 2. The second kappa shape index (κ2) is 2.51. The van der Waals surface area contributed by atoms with Gasteiger partial charge in [-0.3, -0.25) is 0 Å². The molecular formula is C6H14Si. The summed E-state index contributed by atoms with van der Waals surface area (Å²) in [6.07, 6.45) is 3.02. The van der Waals surface area contributed by atoms with Gasteiger partial charge in [0.05, 0.1) is 0 Å².